The molecule has 2 atom stereocenters. The van der Waals surface area contributed by atoms with Crippen LogP contribution >= 0.6 is 0 Å². The minimum atomic E-state index is -1.35. The van der Waals surface area contributed by atoms with E-state index in [4.69, 9.17) is 4.74 Å². The Morgan fingerprint density at radius 2 is 1.37 bits per heavy atom. The largest absolute Gasteiger partial charge is 0.469 e. The second-order valence-corrected chi connectivity index (χ2v) is 14.3. The summed E-state index contributed by atoms with van der Waals surface area (Å²) >= 11 is 0. The Hall–Kier alpha value is -4.66. The Bertz CT molecular complexity index is 1580. The van der Waals surface area contributed by atoms with Crippen LogP contribution in [-0.2, 0) is 30.3 Å². The van der Waals surface area contributed by atoms with Crippen LogP contribution in [0.2, 0.25) is 0 Å². The highest BCUT2D eigenvalue weighted by atomic mass is 16.6. The SMILES string of the molecule is COC(=O)CCC(=O)N[C@@H](CNC(=O)C(C)(Cc1ccc(-c2ccccc2)cc1)NC(=O)OC1C2CC3CC(C2)CC1C3)c1ccccc1. The molecule has 0 spiro atoms. The predicted molar refractivity (Wildman–Crippen MR) is 186 cm³/mol. The Labute approximate surface area is 288 Å². The van der Waals surface area contributed by atoms with Crippen LogP contribution in [0, 0.1) is 23.7 Å². The summed E-state index contributed by atoms with van der Waals surface area (Å²) in [6.45, 7) is 1.79. The molecule has 4 aliphatic rings. The molecular weight excluding hydrogens is 618 g/mol. The lowest BCUT2D eigenvalue weighted by Gasteiger charge is -2.53. The smallest absolute Gasteiger partial charge is 0.408 e. The van der Waals surface area contributed by atoms with Crippen molar-refractivity contribution in [3.63, 3.8) is 0 Å². The van der Waals surface area contributed by atoms with E-state index in [2.05, 4.69) is 20.7 Å². The number of benzene rings is 3. The molecule has 3 aromatic rings. The van der Waals surface area contributed by atoms with Crippen molar-refractivity contribution in [3.05, 3.63) is 96.1 Å². The Balaban J connectivity index is 1.17. The molecule has 0 radical (unpaired) electrons. The summed E-state index contributed by atoms with van der Waals surface area (Å²) in [5, 5.41) is 8.93. The number of rotatable bonds is 13. The van der Waals surface area contributed by atoms with Crippen LogP contribution in [0.1, 0.15) is 69.0 Å². The van der Waals surface area contributed by atoms with Gasteiger partial charge in [-0.05, 0) is 85.0 Å². The fourth-order valence-electron chi connectivity index (χ4n) is 8.39. The maximum Gasteiger partial charge on any atom is 0.408 e. The molecule has 4 fully saturated rings. The van der Waals surface area contributed by atoms with Crippen molar-refractivity contribution in [3.8, 4) is 11.1 Å². The van der Waals surface area contributed by atoms with Crippen molar-refractivity contribution in [2.24, 2.45) is 23.7 Å². The van der Waals surface area contributed by atoms with E-state index < -0.39 is 29.6 Å². The Kier molecular flexibility index (Phi) is 10.7. The molecule has 3 aromatic carbocycles. The zero-order valence-corrected chi connectivity index (χ0v) is 28.4. The number of ether oxygens (including phenoxy) is 2. The highest BCUT2D eigenvalue weighted by molar-refractivity contribution is 5.90. The van der Waals surface area contributed by atoms with Crippen molar-refractivity contribution in [2.75, 3.05) is 13.7 Å². The molecule has 49 heavy (non-hydrogen) atoms. The van der Waals surface area contributed by atoms with Gasteiger partial charge in [-0.15, -0.1) is 0 Å². The molecule has 4 bridgehead atoms. The van der Waals surface area contributed by atoms with E-state index in [9.17, 15) is 19.2 Å². The molecule has 4 aliphatic carbocycles. The third-order valence-corrected chi connectivity index (χ3v) is 10.7. The fourth-order valence-corrected chi connectivity index (χ4v) is 8.39. The number of alkyl carbamates (subject to hydrolysis) is 1. The molecule has 0 heterocycles. The number of carbonyl (C=O) groups is 4. The molecule has 9 heteroatoms. The van der Waals surface area contributed by atoms with Crippen molar-refractivity contribution >= 4 is 23.9 Å². The van der Waals surface area contributed by atoms with Crippen LogP contribution in [0.4, 0.5) is 4.79 Å². The van der Waals surface area contributed by atoms with E-state index in [1.165, 1.54) is 13.5 Å². The average molecular weight is 666 g/mol. The van der Waals surface area contributed by atoms with Crippen LogP contribution in [-0.4, -0.2) is 49.2 Å². The second kappa shape index (κ2) is 15.3. The molecule has 4 saturated carbocycles. The average Bonchev–Trinajstić information content (AvgIpc) is 3.11. The van der Waals surface area contributed by atoms with Gasteiger partial charge in [0.15, 0.2) is 0 Å². The predicted octanol–water partition coefficient (Wildman–Crippen LogP) is 6.13. The van der Waals surface area contributed by atoms with Gasteiger partial charge >= 0.3 is 12.1 Å². The first-order chi connectivity index (χ1) is 23.7. The minimum absolute atomic E-state index is 0.0430. The van der Waals surface area contributed by atoms with Crippen molar-refractivity contribution in [1.82, 2.24) is 16.0 Å². The molecule has 1 unspecified atom stereocenters. The lowest BCUT2D eigenvalue weighted by Crippen LogP contribution is -2.60. The number of hydrogen-bond donors (Lipinski definition) is 3. The lowest BCUT2D eigenvalue weighted by molar-refractivity contribution is -0.142. The summed E-state index contributed by atoms with van der Waals surface area (Å²) in [5.74, 6) is 1.07. The van der Waals surface area contributed by atoms with Gasteiger partial charge in [-0.2, -0.15) is 0 Å². The highest BCUT2D eigenvalue weighted by Gasteiger charge is 2.50. The van der Waals surface area contributed by atoms with Crippen LogP contribution < -0.4 is 16.0 Å². The van der Waals surface area contributed by atoms with Crippen LogP contribution in [0.3, 0.4) is 0 Å². The zero-order chi connectivity index (χ0) is 34.4. The molecule has 3 amide bonds. The van der Waals surface area contributed by atoms with Gasteiger partial charge in [-0.1, -0.05) is 84.9 Å². The Morgan fingerprint density at radius 1 is 0.776 bits per heavy atom. The number of hydrogen-bond acceptors (Lipinski definition) is 6. The van der Waals surface area contributed by atoms with Gasteiger partial charge < -0.3 is 25.4 Å². The zero-order valence-electron chi connectivity index (χ0n) is 28.4. The molecule has 9 nitrogen and oxygen atoms in total. The highest BCUT2D eigenvalue weighted by Crippen LogP contribution is 2.54. The summed E-state index contributed by atoms with van der Waals surface area (Å²) in [7, 11) is 1.28. The molecule has 258 valence electrons. The fraction of sp³-hybridized carbons (Fsp3) is 0.450. The van der Waals surface area contributed by atoms with E-state index >= 15 is 0 Å². The van der Waals surface area contributed by atoms with Gasteiger partial charge in [0.1, 0.15) is 11.6 Å². The van der Waals surface area contributed by atoms with Gasteiger partial charge in [0.2, 0.25) is 11.8 Å². The van der Waals surface area contributed by atoms with Gasteiger partial charge in [0.05, 0.1) is 19.6 Å². The first-order valence-electron chi connectivity index (χ1n) is 17.5. The van der Waals surface area contributed by atoms with E-state index in [1.807, 2.05) is 84.9 Å². The first-order valence-corrected chi connectivity index (χ1v) is 17.5. The Morgan fingerprint density at radius 3 is 1.98 bits per heavy atom. The van der Waals surface area contributed by atoms with Crippen LogP contribution in [0.25, 0.3) is 11.1 Å². The molecule has 7 rings (SSSR count). The lowest BCUT2D eigenvalue weighted by atomic mass is 9.55. The second-order valence-electron chi connectivity index (χ2n) is 14.3. The summed E-state index contributed by atoms with van der Waals surface area (Å²) in [4.78, 5) is 52.2. The molecular formula is C40H47N3O6. The number of nitrogens with one attached hydrogen (secondary N) is 3. The van der Waals surface area contributed by atoms with Crippen LogP contribution in [0.15, 0.2) is 84.9 Å². The third-order valence-electron chi connectivity index (χ3n) is 10.7. The van der Waals surface area contributed by atoms with Gasteiger partial charge in [0.25, 0.3) is 0 Å². The number of methoxy groups -OCH3 is 1. The van der Waals surface area contributed by atoms with Gasteiger partial charge in [-0.25, -0.2) is 4.79 Å². The standard InChI is InChI=1S/C40H47N3O6/c1-40(24-26-13-15-30(16-14-26)29-9-5-3-6-10-29,43-39(47)49-37-32-20-27-19-28(22-32)23-33(37)21-27)38(46)41-25-34(31-11-7-4-8-12-31)42-35(44)17-18-36(45)48-2/h3-16,27-28,32-34,37H,17-25H2,1-2H3,(H,41,46)(H,42,44)(H,43,47)/t27?,28?,32?,33?,34-,37?,40?/m0/s1. The van der Waals surface area contributed by atoms with E-state index in [0.29, 0.717) is 11.8 Å². The van der Waals surface area contributed by atoms with Crippen molar-refractivity contribution < 1.29 is 28.7 Å². The van der Waals surface area contributed by atoms with Crippen molar-refractivity contribution in [1.29, 1.82) is 0 Å². The first kappa shape index (κ1) is 34.2. The van der Waals surface area contributed by atoms with E-state index in [0.717, 1.165) is 59.8 Å². The summed E-state index contributed by atoms with van der Waals surface area (Å²) in [6.07, 6.45) is 5.21. The minimum Gasteiger partial charge on any atom is -0.469 e. The summed E-state index contributed by atoms with van der Waals surface area (Å²) in [5.41, 5.74) is 2.46. The normalized spacial score (nSPS) is 23.8. The van der Waals surface area contributed by atoms with E-state index in [1.54, 1.807) is 6.92 Å². The molecule has 0 aliphatic heterocycles. The van der Waals surface area contributed by atoms with Gasteiger partial charge in [-0.3, -0.25) is 14.4 Å². The van der Waals surface area contributed by atoms with Gasteiger partial charge in [0, 0.05) is 19.4 Å². The number of amides is 3. The number of carbonyl (C=O) groups excluding carboxylic acids is 4. The molecule has 0 saturated heterocycles. The maximum absolute atomic E-state index is 14.2. The van der Waals surface area contributed by atoms with E-state index in [-0.39, 0.29) is 37.8 Å². The monoisotopic (exact) mass is 665 g/mol. The topological polar surface area (TPSA) is 123 Å². The quantitative estimate of drug-likeness (QED) is 0.189. The maximum atomic E-state index is 14.2. The number of esters is 1. The molecule has 3 N–H and O–H groups in total. The summed E-state index contributed by atoms with van der Waals surface area (Å²) < 4.78 is 10.8. The molecule has 0 aromatic heterocycles. The van der Waals surface area contributed by atoms with Crippen molar-refractivity contribution in [2.45, 2.75) is 76.0 Å². The third kappa shape index (κ3) is 8.50. The summed E-state index contributed by atoms with van der Waals surface area (Å²) in [6, 6.07) is 26.8. The van der Waals surface area contributed by atoms with Crippen LogP contribution in [0.5, 0.6) is 0 Å².